The summed E-state index contributed by atoms with van der Waals surface area (Å²) in [4.78, 5) is 14.3. The van der Waals surface area contributed by atoms with E-state index >= 15 is 0 Å². The molecule has 136 valence electrons. The largest absolute Gasteiger partial charge is 0.497 e. The molecule has 3 aromatic rings. The standard InChI is InChI=1S/C21H23NO4/c1-14-6-5-7-17(12-14)25-11-10-22(3)21(23)20-15(2)18-13-16(24-4)8-9-19(18)26-20/h5-9,12-13H,10-11H2,1-4H3. The molecular formula is C21H23NO4. The average molecular weight is 353 g/mol. The van der Waals surface area contributed by atoms with E-state index in [4.69, 9.17) is 13.9 Å². The van der Waals surface area contributed by atoms with Gasteiger partial charge in [-0.2, -0.15) is 0 Å². The van der Waals surface area contributed by atoms with Gasteiger partial charge in [-0.1, -0.05) is 12.1 Å². The Kier molecular flexibility index (Phi) is 5.16. The van der Waals surface area contributed by atoms with Crippen LogP contribution >= 0.6 is 0 Å². The van der Waals surface area contributed by atoms with E-state index in [9.17, 15) is 4.79 Å². The maximum absolute atomic E-state index is 12.7. The van der Waals surface area contributed by atoms with Gasteiger partial charge < -0.3 is 18.8 Å². The molecule has 1 heterocycles. The molecule has 0 bridgehead atoms. The van der Waals surface area contributed by atoms with Gasteiger partial charge in [0, 0.05) is 18.0 Å². The van der Waals surface area contributed by atoms with Gasteiger partial charge in [0.2, 0.25) is 0 Å². The van der Waals surface area contributed by atoms with Crippen LogP contribution in [0.1, 0.15) is 21.7 Å². The summed E-state index contributed by atoms with van der Waals surface area (Å²) in [7, 11) is 3.36. The molecule has 5 nitrogen and oxygen atoms in total. The molecule has 0 unspecified atom stereocenters. The quantitative estimate of drug-likeness (QED) is 0.666. The Labute approximate surface area is 153 Å². The minimum atomic E-state index is -0.162. The number of carbonyl (C=O) groups is 1. The number of hydrogen-bond acceptors (Lipinski definition) is 4. The number of furan rings is 1. The maximum atomic E-state index is 12.7. The fourth-order valence-corrected chi connectivity index (χ4v) is 2.81. The highest BCUT2D eigenvalue weighted by molar-refractivity contribution is 5.99. The van der Waals surface area contributed by atoms with Gasteiger partial charge in [-0.3, -0.25) is 4.79 Å². The number of aryl methyl sites for hydroxylation is 2. The number of likely N-dealkylation sites (N-methyl/N-ethyl adjacent to an activating group) is 1. The van der Waals surface area contributed by atoms with Crippen molar-refractivity contribution in [2.75, 3.05) is 27.3 Å². The Morgan fingerprint density at radius 3 is 2.65 bits per heavy atom. The van der Waals surface area contributed by atoms with Gasteiger partial charge in [-0.15, -0.1) is 0 Å². The summed E-state index contributed by atoms with van der Waals surface area (Å²) in [6.07, 6.45) is 0. The summed E-state index contributed by atoms with van der Waals surface area (Å²) in [6.45, 7) is 4.78. The van der Waals surface area contributed by atoms with Gasteiger partial charge >= 0.3 is 0 Å². The fourth-order valence-electron chi connectivity index (χ4n) is 2.81. The van der Waals surface area contributed by atoms with Crippen molar-refractivity contribution in [3.63, 3.8) is 0 Å². The molecule has 26 heavy (non-hydrogen) atoms. The number of nitrogens with zero attached hydrogens (tertiary/aromatic N) is 1. The number of fused-ring (bicyclic) bond motifs is 1. The van der Waals surface area contributed by atoms with Gasteiger partial charge in [-0.25, -0.2) is 0 Å². The third-order valence-corrected chi connectivity index (χ3v) is 4.37. The van der Waals surface area contributed by atoms with Crippen LogP contribution in [-0.2, 0) is 0 Å². The molecule has 1 amide bonds. The summed E-state index contributed by atoms with van der Waals surface area (Å²) < 4.78 is 16.7. The van der Waals surface area contributed by atoms with E-state index in [0.717, 1.165) is 28.0 Å². The van der Waals surface area contributed by atoms with E-state index < -0.39 is 0 Å². The van der Waals surface area contributed by atoms with Crippen molar-refractivity contribution < 1.29 is 18.7 Å². The van der Waals surface area contributed by atoms with Crippen molar-refractivity contribution in [3.05, 3.63) is 59.4 Å². The first kappa shape index (κ1) is 17.9. The van der Waals surface area contributed by atoms with Gasteiger partial charge in [-0.05, 0) is 49.7 Å². The van der Waals surface area contributed by atoms with Crippen molar-refractivity contribution in [1.82, 2.24) is 4.90 Å². The van der Waals surface area contributed by atoms with Crippen LogP contribution in [0.3, 0.4) is 0 Å². The molecule has 0 atom stereocenters. The lowest BCUT2D eigenvalue weighted by molar-refractivity contribution is 0.0744. The molecule has 0 aliphatic rings. The van der Waals surface area contributed by atoms with E-state index in [2.05, 4.69) is 0 Å². The van der Waals surface area contributed by atoms with Crippen molar-refractivity contribution in [1.29, 1.82) is 0 Å². The number of carbonyl (C=O) groups excluding carboxylic acids is 1. The molecule has 0 saturated carbocycles. The number of ether oxygens (including phenoxy) is 2. The van der Waals surface area contributed by atoms with Crippen LogP contribution in [0.5, 0.6) is 11.5 Å². The van der Waals surface area contributed by atoms with Crippen LogP contribution in [0.4, 0.5) is 0 Å². The SMILES string of the molecule is COc1ccc2oc(C(=O)N(C)CCOc3cccc(C)c3)c(C)c2c1. The predicted octanol–water partition coefficient (Wildman–Crippen LogP) is 4.21. The molecule has 3 rings (SSSR count). The number of rotatable bonds is 6. The molecule has 1 aromatic heterocycles. The van der Waals surface area contributed by atoms with E-state index in [-0.39, 0.29) is 5.91 Å². The fraction of sp³-hybridized carbons (Fsp3) is 0.286. The van der Waals surface area contributed by atoms with Crippen LogP contribution in [0.2, 0.25) is 0 Å². The Morgan fingerprint density at radius 2 is 1.92 bits per heavy atom. The van der Waals surface area contributed by atoms with Crippen LogP contribution in [-0.4, -0.2) is 38.1 Å². The molecule has 0 saturated heterocycles. The molecule has 0 spiro atoms. The highest BCUT2D eigenvalue weighted by atomic mass is 16.5. The first-order chi connectivity index (χ1) is 12.5. The van der Waals surface area contributed by atoms with Crippen molar-refractivity contribution in [3.8, 4) is 11.5 Å². The van der Waals surface area contributed by atoms with Gasteiger partial charge in [0.05, 0.1) is 13.7 Å². The van der Waals surface area contributed by atoms with E-state index in [1.807, 2.05) is 56.3 Å². The van der Waals surface area contributed by atoms with E-state index in [1.165, 1.54) is 0 Å². The molecular weight excluding hydrogens is 330 g/mol. The minimum Gasteiger partial charge on any atom is -0.497 e. The second kappa shape index (κ2) is 7.52. The van der Waals surface area contributed by atoms with Crippen LogP contribution in [0.25, 0.3) is 11.0 Å². The van der Waals surface area contributed by atoms with E-state index in [1.54, 1.807) is 19.1 Å². The van der Waals surface area contributed by atoms with Crippen LogP contribution < -0.4 is 9.47 Å². The minimum absolute atomic E-state index is 0.162. The van der Waals surface area contributed by atoms with Gasteiger partial charge in [0.25, 0.3) is 5.91 Å². The Morgan fingerprint density at radius 1 is 1.12 bits per heavy atom. The number of benzene rings is 2. The Bertz CT molecular complexity index is 929. The first-order valence-corrected chi connectivity index (χ1v) is 8.51. The lowest BCUT2D eigenvalue weighted by atomic mass is 10.1. The zero-order valence-corrected chi connectivity index (χ0v) is 15.5. The molecule has 0 fully saturated rings. The van der Waals surface area contributed by atoms with Crippen molar-refractivity contribution >= 4 is 16.9 Å². The predicted molar refractivity (Wildman–Crippen MR) is 101 cm³/mol. The van der Waals surface area contributed by atoms with Gasteiger partial charge in [0.15, 0.2) is 5.76 Å². The number of hydrogen-bond donors (Lipinski definition) is 0. The number of methoxy groups -OCH3 is 1. The summed E-state index contributed by atoms with van der Waals surface area (Å²) in [5.41, 5.74) is 2.63. The zero-order chi connectivity index (χ0) is 18.7. The summed E-state index contributed by atoms with van der Waals surface area (Å²) in [5, 5.41) is 0.886. The smallest absolute Gasteiger partial charge is 0.289 e. The van der Waals surface area contributed by atoms with E-state index in [0.29, 0.717) is 24.5 Å². The second-order valence-corrected chi connectivity index (χ2v) is 6.31. The zero-order valence-electron chi connectivity index (χ0n) is 15.5. The average Bonchev–Trinajstić information content (AvgIpc) is 2.97. The maximum Gasteiger partial charge on any atom is 0.289 e. The Hall–Kier alpha value is -2.95. The highest BCUT2D eigenvalue weighted by Gasteiger charge is 2.21. The van der Waals surface area contributed by atoms with Crippen LogP contribution in [0, 0.1) is 13.8 Å². The molecule has 0 aliphatic heterocycles. The molecule has 0 aliphatic carbocycles. The summed E-state index contributed by atoms with van der Waals surface area (Å²) in [5.74, 6) is 1.73. The molecule has 2 aromatic carbocycles. The lowest BCUT2D eigenvalue weighted by Crippen LogP contribution is -2.31. The molecule has 0 radical (unpaired) electrons. The topological polar surface area (TPSA) is 51.9 Å². The van der Waals surface area contributed by atoms with Gasteiger partial charge in [0.1, 0.15) is 23.7 Å². The third kappa shape index (κ3) is 3.67. The highest BCUT2D eigenvalue weighted by Crippen LogP contribution is 2.29. The van der Waals surface area contributed by atoms with Crippen molar-refractivity contribution in [2.24, 2.45) is 0 Å². The first-order valence-electron chi connectivity index (χ1n) is 8.51. The molecule has 5 heteroatoms. The molecule has 0 N–H and O–H groups in total. The second-order valence-electron chi connectivity index (χ2n) is 6.31. The summed E-state index contributed by atoms with van der Waals surface area (Å²) in [6, 6.07) is 13.4. The monoisotopic (exact) mass is 353 g/mol. The lowest BCUT2D eigenvalue weighted by Gasteiger charge is -2.16. The van der Waals surface area contributed by atoms with Crippen molar-refractivity contribution in [2.45, 2.75) is 13.8 Å². The number of amides is 1. The normalized spacial score (nSPS) is 10.8. The third-order valence-electron chi connectivity index (χ3n) is 4.37. The summed E-state index contributed by atoms with van der Waals surface area (Å²) >= 11 is 0. The Balaban J connectivity index is 1.68. The van der Waals surface area contributed by atoms with Crippen LogP contribution in [0.15, 0.2) is 46.9 Å².